The van der Waals surface area contributed by atoms with Crippen LogP contribution < -0.4 is 4.74 Å². The molecule has 0 N–H and O–H groups in total. The first kappa shape index (κ1) is 25.9. The van der Waals surface area contributed by atoms with Gasteiger partial charge in [-0.25, -0.2) is 4.39 Å². The highest BCUT2D eigenvalue weighted by Gasteiger charge is 2.43. The number of esters is 1. The molecule has 4 atom stereocenters. The van der Waals surface area contributed by atoms with Crippen LogP contribution in [0.4, 0.5) is 8.78 Å². The Balaban J connectivity index is 1.28. The van der Waals surface area contributed by atoms with Gasteiger partial charge in [-0.1, -0.05) is 76.3 Å². The summed E-state index contributed by atoms with van der Waals surface area (Å²) in [7, 11) is 0. The Morgan fingerprint density at radius 1 is 0.912 bits per heavy atom. The van der Waals surface area contributed by atoms with Gasteiger partial charge in [-0.3, -0.25) is 4.79 Å². The number of benzene rings is 1. The van der Waals surface area contributed by atoms with Crippen molar-refractivity contribution in [2.75, 3.05) is 0 Å². The second-order valence-corrected chi connectivity index (χ2v) is 11.7. The van der Waals surface area contributed by atoms with Crippen molar-refractivity contribution < 1.29 is 18.3 Å². The van der Waals surface area contributed by atoms with Gasteiger partial charge in [-0.05, 0) is 80.2 Å². The molecule has 0 aromatic heterocycles. The van der Waals surface area contributed by atoms with E-state index >= 15 is 0 Å². The van der Waals surface area contributed by atoms with Crippen LogP contribution in [0.15, 0.2) is 12.1 Å². The van der Waals surface area contributed by atoms with Gasteiger partial charge >= 0.3 is 5.97 Å². The van der Waals surface area contributed by atoms with E-state index in [9.17, 15) is 13.6 Å². The van der Waals surface area contributed by atoms with E-state index in [-0.39, 0.29) is 16.7 Å². The summed E-state index contributed by atoms with van der Waals surface area (Å²) in [5.74, 6) is 0.143. The van der Waals surface area contributed by atoms with Gasteiger partial charge in [-0.15, -0.1) is 0 Å². The molecule has 34 heavy (non-hydrogen) atoms. The summed E-state index contributed by atoms with van der Waals surface area (Å²) >= 11 is 5.63. The van der Waals surface area contributed by atoms with Crippen LogP contribution in [0.2, 0.25) is 5.02 Å². The lowest BCUT2D eigenvalue weighted by Gasteiger charge is -2.46. The maximum Gasteiger partial charge on any atom is 0.314 e. The minimum Gasteiger partial charge on any atom is -0.423 e. The zero-order valence-electron chi connectivity index (χ0n) is 20.7. The van der Waals surface area contributed by atoms with Crippen LogP contribution in [0, 0.1) is 47.1 Å². The lowest BCUT2D eigenvalue weighted by molar-refractivity contribution is -0.144. The summed E-state index contributed by atoms with van der Waals surface area (Å²) in [6, 6.07) is 2.48. The Morgan fingerprint density at radius 2 is 1.68 bits per heavy atom. The lowest BCUT2D eigenvalue weighted by atomic mass is 9.59. The van der Waals surface area contributed by atoms with Crippen LogP contribution in [0.5, 0.6) is 5.75 Å². The molecule has 0 saturated heterocycles. The van der Waals surface area contributed by atoms with E-state index < -0.39 is 17.6 Å². The van der Waals surface area contributed by atoms with Gasteiger partial charge in [0.15, 0.2) is 11.6 Å². The van der Waals surface area contributed by atoms with E-state index in [1.807, 2.05) is 0 Å². The Hall–Kier alpha value is -1.16. The average Bonchev–Trinajstić information content (AvgIpc) is 2.86. The van der Waals surface area contributed by atoms with E-state index in [1.54, 1.807) is 0 Å². The number of hydrogen-bond acceptors (Lipinski definition) is 2. The lowest BCUT2D eigenvalue weighted by Crippen LogP contribution is -2.40. The molecule has 0 heterocycles. The van der Waals surface area contributed by atoms with E-state index in [0.717, 1.165) is 37.0 Å². The van der Waals surface area contributed by atoms with E-state index in [4.69, 9.17) is 16.3 Å². The third-order valence-corrected chi connectivity index (χ3v) is 9.52. The molecule has 2 nitrogen and oxygen atoms in total. The summed E-state index contributed by atoms with van der Waals surface area (Å²) in [6.45, 7) is 2.28. The monoisotopic (exact) mass is 494 g/mol. The van der Waals surface area contributed by atoms with Gasteiger partial charge in [0.25, 0.3) is 0 Å². The van der Waals surface area contributed by atoms with Crippen LogP contribution in [0.3, 0.4) is 0 Å². The normalized spacial score (nSPS) is 31.6. The third kappa shape index (κ3) is 6.15. The molecule has 3 aliphatic rings. The molecule has 0 aliphatic heterocycles. The van der Waals surface area contributed by atoms with Crippen molar-refractivity contribution in [2.45, 2.75) is 103 Å². The maximum absolute atomic E-state index is 14.2. The highest BCUT2D eigenvalue weighted by Crippen LogP contribution is 2.50. The van der Waals surface area contributed by atoms with Crippen molar-refractivity contribution >= 4 is 17.6 Å². The first-order chi connectivity index (χ1) is 16.5. The Labute approximate surface area is 209 Å². The predicted octanol–water partition coefficient (Wildman–Crippen LogP) is 9.13. The fourth-order valence-corrected chi connectivity index (χ4v) is 7.45. The molecule has 3 saturated carbocycles. The van der Waals surface area contributed by atoms with Crippen molar-refractivity contribution in [3.05, 3.63) is 28.8 Å². The van der Waals surface area contributed by atoms with Gasteiger partial charge in [-0.2, -0.15) is 4.39 Å². The van der Waals surface area contributed by atoms with Crippen molar-refractivity contribution in [3.8, 4) is 5.75 Å². The standard InChI is InChI=1S/C29H41ClF2O2/c1-2-3-4-5-7-19-10-12-20(13-11-19)21-14-15-23-22(18-21)8-6-9-24(23)29(33)34-26-17-16-25(30)27(31)28(26)32/h16-17,19-24H,2-15,18H2,1H3. The van der Waals surface area contributed by atoms with E-state index in [2.05, 4.69) is 6.92 Å². The minimum absolute atomic E-state index is 0.211. The number of hydrogen-bond donors (Lipinski definition) is 0. The largest absolute Gasteiger partial charge is 0.423 e. The van der Waals surface area contributed by atoms with Gasteiger partial charge in [0.2, 0.25) is 5.82 Å². The van der Waals surface area contributed by atoms with E-state index in [0.29, 0.717) is 11.8 Å². The summed E-state index contributed by atoms with van der Waals surface area (Å²) in [5.41, 5.74) is 0. The predicted molar refractivity (Wildman–Crippen MR) is 133 cm³/mol. The van der Waals surface area contributed by atoms with Crippen LogP contribution in [0.1, 0.15) is 103 Å². The molecule has 1 aromatic rings. The molecule has 0 amide bonds. The summed E-state index contributed by atoms with van der Waals surface area (Å²) in [5, 5.41) is -0.307. The molecule has 0 radical (unpaired) electrons. The second kappa shape index (κ2) is 12.2. The number of rotatable bonds is 8. The van der Waals surface area contributed by atoms with Crippen molar-refractivity contribution in [2.24, 2.45) is 35.5 Å². The van der Waals surface area contributed by atoms with Crippen LogP contribution in [-0.2, 0) is 4.79 Å². The Morgan fingerprint density at radius 3 is 2.44 bits per heavy atom. The number of carbonyl (C=O) groups is 1. The molecular formula is C29H41ClF2O2. The smallest absolute Gasteiger partial charge is 0.314 e. The maximum atomic E-state index is 14.2. The highest BCUT2D eigenvalue weighted by molar-refractivity contribution is 6.30. The van der Waals surface area contributed by atoms with Crippen molar-refractivity contribution in [3.63, 3.8) is 0 Å². The molecule has 0 bridgehead atoms. The number of unbranched alkanes of at least 4 members (excludes halogenated alkanes) is 3. The highest BCUT2D eigenvalue weighted by atomic mass is 35.5. The molecule has 5 heteroatoms. The molecule has 190 valence electrons. The van der Waals surface area contributed by atoms with Crippen LogP contribution >= 0.6 is 11.6 Å². The minimum atomic E-state index is -1.18. The quantitative estimate of drug-likeness (QED) is 0.156. The number of ether oxygens (including phenoxy) is 1. The second-order valence-electron chi connectivity index (χ2n) is 11.3. The summed E-state index contributed by atoms with van der Waals surface area (Å²) in [6.07, 6.45) is 18.9. The summed E-state index contributed by atoms with van der Waals surface area (Å²) in [4.78, 5) is 13.0. The van der Waals surface area contributed by atoms with Crippen molar-refractivity contribution in [1.29, 1.82) is 0 Å². The zero-order chi connectivity index (χ0) is 24.1. The fraction of sp³-hybridized carbons (Fsp3) is 0.759. The number of halogens is 3. The third-order valence-electron chi connectivity index (χ3n) is 9.23. The number of carbonyl (C=O) groups excluding carboxylic acids is 1. The van der Waals surface area contributed by atoms with Gasteiger partial charge in [0.1, 0.15) is 0 Å². The topological polar surface area (TPSA) is 26.3 Å². The number of fused-ring (bicyclic) bond motifs is 1. The average molecular weight is 495 g/mol. The van der Waals surface area contributed by atoms with Crippen LogP contribution in [-0.4, -0.2) is 5.97 Å². The molecule has 0 spiro atoms. The molecule has 4 unspecified atom stereocenters. The van der Waals surface area contributed by atoms with Crippen LogP contribution in [0.25, 0.3) is 0 Å². The first-order valence-corrected chi connectivity index (χ1v) is 14.2. The summed E-state index contributed by atoms with van der Waals surface area (Å²) < 4.78 is 33.3. The van der Waals surface area contributed by atoms with Gasteiger partial charge < -0.3 is 4.74 Å². The zero-order valence-corrected chi connectivity index (χ0v) is 21.4. The molecule has 3 fully saturated rings. The molecule has 1 aromatic carbocycles. The SMILES string of the molecule is CCCCCCC1CCC(C2CCC3C(CCCC3C(=O)Oc3ccc(Cl)c(F)c3F)C2)CC1. The van der Waals surface area contributed by atoms with Gasteiger partial charge in [0.05, 0.1) is 10.9 Å². The molecule has 4 rings (SSSR count). The van der Waals surface area contributed by atoms with E-state index in [1.165, 1.54) is 89.2 Å². The molecule has 3 aliphatic carbocycles. The van der Waals surface area contributed by atoms with Crippen molar-refractivity contribution in [1.82, 2.24) is 0 Å². The molecular weight excluding hydrogens is 454 g/mol. The Bertz CT molecular complexity index is 821. The first-order valence-electron chi connectivity index (χ1n) is 13.8. The fourth-order valence-electron chi connectivity index (χ4n) is 7.30. The van der Waals surface area contributed by atoms with Gasteiger partial charge in [0, 0.05) is 0 Å². The Kier molecular flexibility index (Phi) is 9.29.